The van der Waals surface area contributed by atoms with Gasteiger partial charge in [0, 0.05) is 18.0 Å². The molecular weight excluding hydrogens is 358 g/mol. The number of aromatic nitrogens is 1. The molecule has 0 bridgehead atoms. The lowest BCUT2D eigenvalue weighted by Gasteiger charge is -2.07. The number of hydrogen-bond acceptors (Lipinski definition) is 5. The summed E-state index contributed by atoms with van der Waals surface area (Å²) in [5.74, 6) is 1.08. The highest BCUT2D eigenvalue weighted by atomic mass is 32.1. The number of thiazole rings is 1. The maximum absolute atomic E-state index is 11.9. The molecule has 3 aromatic rings. The maximum Gasteiger partial charge on any atom is 0.261 e. The number of nitrogens with one attached hydrogen (secondary N) is 1. The summed E-state index contributed by atoms with van der Waals surface area (Å²) in [5, 5.41) is 4.41. The first-order chi connectivity index (χ1) is 13.2. The third-order valence-electron chi connectivity index (χ3n) is 4.59. The molecule has 4 rings (SSSR count). The van der Waals surface area contributed by atoms with E-state index < -0.39 is 5.91 Å². The largest absolute Gasteiger partial charge is 0.457 e. The summed E-state index contributed by atoms with van der Waals surface area (Å²) in [6.07, 6.45) is 3.17. The van der Waals surface area contributed by atoms with Gasteiger partial charge in [-0.15, -0.1) is 11.3 Å². The maximum atomic E-state index is 11.9. The van der Waals surface area contributed by atoms with E-state index in [9.17, 15) is 4.79 Å². The Morgan fingerprint density at radius 2 is 1.89 bits per heavy atom. The molecular formula is C21H21N3O2S. The Balaban J connectivity index is 1.56. The first-order valence-electron chi connectivity index (χ1n) is 9.05. The van der Waals surface area contributed by atoms with Crippen molar-refractivity contribution in [2.45, 2.75) is 25.3 Å². The van der Waals surface area contributed by atoms with E-state index in [0.29, 0.717) is 16.6 Å². The van der Waals surface area contributed by atoms with Crippen LogP contribution in [0.2, 0.25) is 0 Å². The summed E-state index contributed by atoms with van der Waals surface area (Å²) in [7, 11) is 0. The van der Waals surface area contributed by atoms with Crippen molar-refractivity contribution in [3.63, 3.8) is 0 Å². The highest BCUT2D eigenvalue weighted by Crippen LogP contribution is 2.31. The van der Waals surface area contributed by atoms with Gasteiger partial charge in [-0.25, -0.2) is 4.98 Å². The first-order valence-corrected chi connectivity index (χ1v) is 9.87. The van der Waals surface area contributed by atoms with E-state index in [0.717, 1.165) is 41.5 Å². The highest BCUT2D eigenvalue weighted by Gasteiger charge is 2.21. The molecule has 0 saturated carbocycles. The minimum atomic E-state index is -0.433. The van der Waals surface area contributed by atoms with E-state index in [1.807, 2.05) is 54.6 Å². The van der Waals surface area contributed by atoms with E-state index in [1.165, 1.54) is 17.8 Å². The summed E-state index contributed by atoms with van der Waals surface area (Å²) in [6.45, 7) is 1.05. The number of nitrogens with two attached hydrogens (primary N) is 1. The van der Waals surface area contributed by atoms with Gasteiger partial charge in [0.2, 0.25) is 0 Å². The second-order valence-electron chi connectivity index (χ2n) is 6.59. The van der Waals surface area contributed by atoms with Crippen LogP contribution >= 0.6 is 11.3 Å². The normalized spacial score (nSPS) is 16.4. The first kappa shape index (κ1) is 17.7. The molecule has 0 spiro atoms. The van der Waals surface area contributed by atoms with Crippen LogP contribution in [0.1, 0.15) is 27.5 Å². The quantitative estimate of drug-likeness (QED) is 0.679. The SMILES string of the molecule is NC(=O)c1sc(CC2CCCN2)nc1-c1ccc(Oc2ccccc2)cc1. The highest BCUT2D eigenvalue weighted by molar-refractivity contribution is 7.14. The minimum Gasteiger partial charge on any atom is -0.457 e. The third kappa shape index (κ3) is 4.18. The van der Waals surface area contributed by atoms with Crippen LogP contribution in [0.25, 0.3) is 11.3 Å². The molecule has 0 radical (unpaired) electrons. The number of hydrogen-bond donors (Lipinski definition) is 2. The van der Waals surface area contributed by atoms with Crippen LogP contribution in [0, 0.1) is 0 Å². The van der Waals surface area contributed by atoms with Gasteiger partial charge < -0.3 is 15.8 Å². The molecule has 1 atom stereocenters. The van der Waals surface area contributed by atoms with Crippen LogP contribution in [0.4, 0.5) is 0 Å². The molecule has 1 unspecified atom stereocenters. The van der Waals surface area contributed by atoms with E-state index >= 15 is 0 Å². The third-order valence-corrected chi connectivity index (χ3v) is 5.68. The number of nitrogens with zero attached hydrogens (tertiary/aromatic N) is 1. The monoisotopic (exact) mass is 379 g/mol. The number of benzene rings is 2. The van der Waals surface area contributed by atoms with Gasteiger partial charge in [-0.2, -0.15) is 0 Å². The van der Waals surface area contributed by atoms with Crippen LogP contribution in [0.3, 0.4) is 0 Å². The van der Waals surface area contributed by atoms with Crippen LogP contribution in [-0.4, -0.2) is 23.5 Å². The summed E-state index contributed by atoms with van der Waals surface area (Å²) in [6, 6.07) is 17.6. The van der Waals surface area contributed by atoms with Crippen LogP contribution in [-0.2, 0) is 6.42 Å². The number of carbonyl (C=O) groups is 1. The smallest absolute Gasteiger partial charge is 0.261 e. The van der Waals surface area contributed by atoms with Gasteiger partial charge in [0.05, 0.1) is 10.7 Å². The van der Waals surface area contributed by atoms with Crippen molar-refractivity contribution in [2.24, 2.45) is 5.73 Å². The zero-order valence-corrected chi connectivity index (χ0v) is 15.7. The number of para-hydroxylation sites is 1. The Kier molecular flexibility index (Phi) is 5.18. The van der Waals surface area contributed by atoms with Crippen molar-refractivity contribution in [2.75, 3.05) is 6.54 Å². The molecule has 1 saturated heterocycles. The zero-order valence-electron chi connectivity index (χ0n) is 14.9. The van der Waals surface area contributed by atoms with Crippen molar-refractivity contribution >= 4 is 17.2 Å². The molecule has 0 aliphatic carbocycles. The molecule has 2 heterocycles. The summed E-state index contributed by atoms with van der Waals surface area (Å²) < 4.78 is 5.82. The molecule has 138 valence electrons. The molecule has 1 fully saturated rings. The number of rotatable bonds is 6. The van der Waals surface area contributed by atoms with Crippen molar-refractivity contribution in [3.05, 3.63) is 64.5 Å². The lowest BCUT2D eigenvalue weighted by atomic mass is 10.1. The van der Waals surface area contributed by atoms with Crippen LogP contribution < -0.4 is 15.8 Å². The fraction of sp³-hybridized carbons (Fsp3) is 0.238. The Morgan fingerprint density at radius 3 is 2.56 bits per heavy atom. The van der Waals surface area contributed by atoms with E-state index in [2.05, 4.69) is 5.32 Å². The minimum absolute atomic E-state index is 0.433. The molecule has 6 heteroatoms. The molecule has 2 aromatic carbocycles. The molecule has 5 nitrogen and oxygen atoms in total. The summed E-state index contributed by atoms with van der Waals surface area (Å²) >= 11 is 1.40. The Labute approximate surface area is 162 Å². The summed E-state index contributed by atoms with van der Waals surface area (Å²) in [5.41, 5.74) is 7.12. The Bertz CT molecular complexity index is 916. The molecule has 1 amide bonds. The molecule has 1 aliphatic rings. The van der Waals surface area contributed by atoms with Gasteiger partial charge in [0.15, 0.2) is 0 Å². The Morgan fingerprint density at radius 1 is 1.15 bits per heavy atom. The number of carbonyl (C=O) groups excluding carboxylic acids is 1. The van der Waals surface area contributed by atoms with Gasteiger partial charge in [-0.1, -0.05) is 18.2 Å². The zero-order chi connectivity index (χ0) is 18.6. The fourth-order valence-electron chi connectivity index (χ4n) is 3.26. The van der Waals surface area contributed by atoms with Gasteiger partial charge in [0.25, 0.3) is 5.91 Å². The van der Waals surface area contributed by atoms with Crippen LogP contribution in [0.15, 0.2) is 54.6 Å². The van der Waals surface area contributed by atoms with Crippen molar-refractivity contribution < 1.29 is 9.53 Å². The van der Waals surface area contributed by atoms with Crippen molar-refractivity contribution in [1.82, 2.24) is 10.3 Å². The molecule has 1 aliphatic heterocycles. The van der Waals surface area contributed by atoms with Gasteiger partial charge in [-0.3, -0.25) is 4.79 Å². The number of ether oxygens (including phenoxy) is 1. The van der Waals surface area contributed by atoms with Crippen molar-refractivity contribution in [1.29, 1.82) is 0 Å². The van der Waals surface area contributed by atoms with Gasteiger partial charge >= 0.3 is 0 Å². The van der Waals surface area contributed by atoms with Crippen molar-refractivity contribution in [3.8, 4) is 22.8 Å². The second kappa shape index (κ2) is 7.90. The van der Waals surface area contributed by atoms with Gasteiger partial charge in [-0.05, 0) is 55.8 Å². The predicted octanol–water partition coefficient (Wildman–Crippen LogP) is 4.00. The van der Waals surface area contributed by atoms with E-state index in [1.54, 1.807) is 0 Å². The number of amides is 1. The van der Waals surface area contributed by atoms with Gasteiger partial charge in [0.1, 0.15) is 16.4 Å². The average Bonchev–Trinajstić information content (AvgIpc) is 3.34. The molecule has 3 N–H and O–H groups in total. The summed E-state index contributed by atoms with van der Waals surface area (Å²) in [4.78, 5) is 17.1. The topological polar surface area (TPSA) is 77.2 Å². The lowest BCUT2D eigenvalue weighted by molar-refractivity contribution is 0.100. The predicted molar refractivity (Wildman–Crippen MR) is 107 cm³/mol. The standard InChI is InChI=1S/C21H21N3O2S/c22-21(25)20-19(24-18(27-20)13-15-5-4-12-23-15)14-8-10-17(11-9-14)26-16-6-2-1-3-7-16/h1-3,6-11,15,23H,4-5,12-13H2,(H2,22,25). The molecule has 27 heavy (non-hydrogen) atoms. The van der Waals surface area contributed by atoms with Crippen LogP contribution in [0.5, 0.6) is 11.5 Å². The Hall–Kier alpha value is -2.70. The van der Waals surface area contributed by atoms with E-state index in [4.69, 9.17) is 15.5 Å². The second-order valence-corrected chi connectivity index (χ2v) is 7.67. The van der Waals surface area contributed by atoms with E-state index in [-0.39, 0.29) is 0 Å². The number of primary amides is 1. The molecule has 1 aromatic heterocycles. The average molecular weight is 379 g/mol. The lowest BCUT2D eigenvalue weighted by Crippen LogP contribution is -2.23. The fourth-order valence-corrected chi connectivity index (χ4v) is 4.28.